The van der Waals surface area contributed by atoms with Gasteiger partial charge in [0.1, 0.15) is 17.4 Å². The molecule has 1 aromatic heterocycles. The first-order valence-corrected chi connectivity index (χ1v) is 7.12. The van der Waals surface area contributed by atoms with Gasteiger partial charge in [-0.1, -0.05) is 6.07 Å². The van der Waals surface area contributed by atoms with Gasteiger partial charge in [0, 0.05) is 4.88 Å². The van der Waals surface area contributed by atoms with Crippen molar-refractivity contribution >= 4 is 22.9 Å². The van der Waals surface area contributed by atoms with Crippen LogP contribution in [-0.2, 0) is 12.8 Å². The van der Waals surface area contributed by atoms with Crippen LogP contribution < -0.4 is 5.32 Å². The fraction of sp³-hybridized carbons (Fsp3) is 0.200. The molecular formula is C15H11FN2OS. The Hall–Kier alpha value is -2.19. The highest BCUT2D eigenvalue weighted by molar-refractivity contribution is 7.14. The van der Waals surface area contributed by atoms with Crippen LogP contribution in [-0.4, -0.2) is 5.91 Å². The Morgan fingerprint density at radius 2 is 2.25 bits per heavy atom. The topological polar surface area (TPSA) is 52.9 Å². The number of rotatable bonds is 2. The number of halogens is 1. The van der Waals surface area contributed by atoms with Gasteiger partial charge in [-0.15, -0.1) is 11.3 Å². The number of hydrogen-bond acceptors (Lipinski definition) is 3. The maximum atomic E-state index is 13.5. The summed E-state index contributed by atoms with van der Waals surface area (Å²) in [6, 6.07) is 7.87. The Balaban J connectivity index is 1.86. The Morgan fingerprint density at radius 1 is 1.40 bits per heavy atom. The second-order valence-electron chi connectivity index (χ2n) is 4.64. The number of nitrogens with one attached hydrogen (secondary N) is 1. The molecule has 5 heteroatoms. The number of aryl methyl sites for hydroxylation is 2. The van der Waals surface area contributed by atoms with E-state index in [0.717, 1.165) is 19.3 Å². The lowest BCUT2D eigenvalue weighted by molar-refractivity contribution is 0.103. The summed E-state index contributed by atoms with van der Waals surface area (Å²) < 4.78 is 13.5. The van der Waals surface area contributed by atoms with Crippen molar-refractivity contribution in [2.75, 3.05) is 5.32 Å². The van der Waals surface area contributed by atoms with Gasteiger partial charge in [-0.3, -0.25) is 4.79 Å². The van der Waals surface area contributed by atoms with E-state index < -0.39 is 5.82 Å². The molecule has 0 saturated heterocycles. The van der Waals surface area contributed by atoms with E-state index in [9.17, 15) is 9.18 Å². The van der Waals surface area contributed by atoms with Crippen molar-refractivity contribution in [2.45, 2.75) is 19.3 Å². The Bertz CT molecular complexity index is 708. The monoisotopic (exact) mass is 286 g/mol. The molecule has 3 nitrogen and oxygen atoms in total. The zero-order valence-electron chi connectivity index (χ0n) is 10.6. The molecule has 3 rings (SSSR count). The number of anilines is 1. The summed E-state index contributed by atoms with van der Waals surface area (Å²) >= 11 is 1.48. The number of nitriles is 1. The molecule has 1 aliphatic rings. The average Bonchev–Trinajstić information content (AvgIpc) is 2.99. The molecule has 1 N–H and O–H groups in total. The second kappa shape index (κ2) is 5.06. The van der Waals surface area contributed by atoms with E-state index in [0.29, 0.717) is 4.88 Å². The van der Waals surface area contributed by atoms with E-state index in [2.05, 4.69) is 5.32 Å². The predicted octanol–water partition coefficient (Wildman–Crippen LogP) is 3.50. The summed E-state index contributed by atoms with van der Waals surface area (Å²) in [5.41, 5.74) is 1.32. The smallest absolute Gasteiger partial charge is 0.265 e. The van der Waals surface area contributed by atoms with Crippen LogP contribution >= 0.6 is 11.3 Å². The summed E-state index contributed by atoms with van der Waals surface area (Å²) in [6.45, 7) is 0. The number of thiophene rings is 1. The normalized spacial score (nSPS) is 12.8. The maximum Gasteiger partial charge on any atom is 0.265 e. The van der Waals surface area contributed by atoms with Crippen LogP contribution in [0, 0.1) is 17.1 Å². The molecule has 0 fully saturated rings. The Morgan fingerprint density at radius 3 is 3.00 bits per heavy atom. The van der Waals surface area contributed by atoms with Gasteiger partial charge in [-0.05, 0) is 43.0 Å². The zero-order valence-corrected chi connectivity index (χ0v) is 11.4. The Labute approximate surface area is 119 Å². The zero-order chi connectivity index (χ0) is 14.1. The van der Waals surface area contributed by atoms with E-state index in [4.69, 9.17) is 5.26 Å². The third-order valence-electron chi connectivity index (χ3n) is 3.34. The molecule has 0 bridgehead atoms. The van der Waals surface area contributed by atoms with E-state index in [1.54, 1.807) is 6.07 Å². The largest absolute Gasteiger partial charge is 0.320 e. The van der Waals surface area contributed by atoms with E-state index in [1.165, 1.54) is 40.0 Å². The highest BCUT2D eigenvalue weighted by atomic mass is 32.1. The summed E-state index contributed by atoms with van der Waals surface area (Å²) in [7, 11) is 0. The van der Waals surface area contributed by atoms with Crippen LogP contribution in [0.3, 0.4) is 0 Å². The number of nitrogens with zero attached hydrogens (tertiary/aromatic N) is 1. The molecule has 1 amide bonds. The summed E-state index contributed by atoms with van der Waals surface area (Å²) in [6.07, 6.45) is 3.19. The first-order valence-electron chi connectivity index (χ1n) is 6.30. The lowest BCUT2D eigenvalue weighted by Crippen LogP contribution is -2.12. The quantitative estimate of drug-likeness (QED) is 0.918. The number of fused-ring (bicyclic) bond motifs is 1. The molecule has 0 radical (unpaired) electrons. The number of amides is 1. The van der Waals surface area contributed by atoms with Crippen molar-refractivity contribution in [2.24, 2.45) is 0 Å². The van der Waals surface area contributed by atoms with E-state index in [1.807, 2.05) is 6.07 Å². The highest BCUT2D eigenvalue weighted by Gasteiger charge is 2.19. The predicted molar refractivity (Wildman–Crippen MR) is 75.4 cm³/mol. The highest BCUT2D eigenvalue weighted by Crippen LogP contribution is 2.31. The molecular weight excluding hydrogens is 275 g/mol. The van der Waals surface area contributed by atoms with Crippen LogP contribution in [0.5, 0.6) is 0 Å². The minimum absolute atomic E-state index is 0.134. The average molecular weight is 286 g/mol. The first kappa shape index (κ1) is 12.8. The van der Waals surface area contributed by atoms with Crippen LogP contribution in [0.15, 0.2) is 24.3 Å². The molecule has 0 spiro atoms. The minimum atomic E-state index is -0.626. The van der Waals surface area contributed by atoms with Gasteiger partial charge in [0.2, 0.25) is 0 Å². The van der Waals surface area contributed by atoms with Crippen molar-refractivity contribution in [1.82, 2.24) is 0 Å². The minimum Gasteiger partial charge on any atom is -0.320 e. The summed E-state index contributed by atoms with van der Waals surface area (Å²) in [5.74, 6) is -0.912. The van der Waals surface area contributed by atoms with Crippen LogP contribution in [0.25, 0.3) is 0 Å². The fourth-order valence-electron chi connectivity index (χ4n) is 2.37. The van der Waals surface area contributed by atoms with Crippen molar-refractivity contribution < 1.29 is 9.18 Å². The number of carbonyl (C=O) groups is 1. The van der Waals surface area contributed by atoms with Gasteiger partial charge in [0.15, 0.2) is 0 Å². The van der Waals surface area contributed by atoms with Gasteiger partial charge in [-0.2, -0.15) is 5.26 Å². The third-order valence-corrected chi connectivity index (χ3v) is 4.58. The Kier molecular flexibility index (Phi) is 3.25. The molecule has 20 heavy (non-hydrogen) atoms. The summed E-state index contributed by atoms with van der Waals surface area (Å²) in [5, 5.41) is 11.6. The van der Waals surface area contributed by atoms with Crippen molar-refractivity contribution in [3.05, 3.63) is 51.0 Å². The molecule has 100 valence electrons. The standard InChI is InChI=1S/C15H11FN2OS/c16-11-4-2-5-12(10(11)8-17)18-15(19)14-7-9-3-1-6-13(9)20-14/h2,4-5,7H,1,3,6H2,(H,18,19). The van der Waals surface area contributed by atoms with Crippen molar-refractivity contribution in [3.63, 3.8) is 0 Å². The van der Waals surface area contributed by atoms with E-state index >= 15 is 0 Å². The van der Waals surface area contributed by atoms with E-state index in [-0.39, 0.29) is 17.2 Å². The molecule has 1 aliphatic carbocycles. The number of hydrogen-bond donors (Lipinski definition) is 1. The SMILES string of the molecule is N#Cc1c(F)cccc1NC(=O)c1cc2c(s1)CCC2. The van der Waals surface area contributed by atoms with Gasteiger partial charge in [-0.25, -0.2) is 4.39 Å². The maximum absolute atomic E-state index is 13.5. The first-order chi connectivity index (χ1) is 9.69. The van der Waals surface area contributed by atoms with Crippen LogP contribution in [0.1, 0.15) is 32.1 Å². The molecule has 0 saturated carbocycles. The van der Waals surface area contributed by atoms with Crippen LogP contribution in [0.4, 0.5) is 10.1 Å². The van der Waals surface area contributed by atoms with Gasteiger partial charge < -0.3 is 5.32 Å². The van der Waals surface area contributed by atoms with Gasteiger partial charge >= 0.3 is 0 Å². The molecule has 1 heterocycles. The van der Waals surface area contributed by atoms with Crippen molar-refractivity contribution in [3.8, 4) is 6.07 Å². The lowest BCUT2D eigenvalue weighted by Gasteiger charge is -2.06. The molecule has 2 aromatic rings. The van der Waals surface area contributed by atoms with Crippen molar-refractivity contribution in [1.29, 1.82) is 5.26 Å². The third kappa shape index (κ3) is 2.19. The molecule has 0 atom stereocenters. The fourth-order valence-corrected chi connectivity index (χ4v) is 3.52. The number of benzene rings is 1. The van der Waals surface area contributed by atoms with Gasteiger partial charge in [0.25, 0.3) is 5.91 Å². The van der Waals surface area contributed by atoms with Crippen LogP contribution in [0.2, 0.25) is 0 Å². The second-order valence-corrected chi connectivity index (χ2v) is 5.78. The molecule has 1 aromatic carbocycles. The summed E-state index contributed by atoms with van der Waals surface area (Å²) in [4.78, 5) is 14.0. The molecule has 0 unspecified atom stereocenters. The lowest BCUT2D eigenvalue weighted by atomic mass is 10.2. The molecule has 0 aliphatic heterocycles. The van der Waals surface area contributed by atoms with Gasteiger partial charge in [0.05, 0.1) is 10.6 Å². The number of carbonyl (C=O) groups excluding carboxylic acids is 1.